The lowest BCUT2D eigenvalue weighted by atomic mass is 9.88. The first-order valence-corrected chi connectivity index (χ1v) is 9.91. The number of aryl methyl sites for hydroxylation is 1. The van der Waals surface area contributed by atoms with Gasteiger partial charge in [-0.3, -0.25) is 14.6 Å². The Labute approximate surface area is 170 Å². The Morgan fingerprint density at radius 3 is 2.45 bits per heavy atom. The minimum absolute atomic E-state index is 0.0154. The largest absolute Gasteiger partial charge is 0.497 e. The third-order valence-electron chi connectivity index (χ3n) is 5.66. The summed E-state index contributed by atoms with van der Waals surface area (Å²) in [6.07, 6.45) is 1.38. The van der Waals surface area contributed by atoms with Gasteiger partial charge < -0.3 is 9.64 Å². The van der Waals surface area contributed by atoms with E-state index >= 15 is 0 Å². The summed E-state index contributed by atoms with van der Waals surface area (Å²) in [6.45, 7) is 3.03. The summed E-state index contributed by atoms with van der Waals surface area (Å²) in [5.41, 5.74) is 2.89. The fourth-order valence-electron chi connectivity index (χ4n) is 3.94. The maximum absolute atomic E-state index is 13.1. The Morgan fingerprint density at radius 2 is 1.76 bits per heavy atom. The summed E-state index contributed by atoms with van der Waals surface area (Å²) in [4.78, 5) is 32.2. The molecule has 2 aromatic carbocycles. The van der Waals surface area contributed by atoms with E-state index in [9.17, 15) is 9.59 Å². The lowest BCUT2D eigenvalue weighted by Crippen LogP contribution is -2.40. The molecule has 5 nitrogen and oxygen atoms in total. The number of pyridine rings is 1. The molecule has 0 N–H and O–H groups in total. The molecule has 148 valence electrons. The Bertz CT molecular complexity index is 1050. The number of fused-ring (bicyclic) bond motifs is 1. The molecule has 2 heterocycles. The third kappa shape index (κ3) is 3.86. The first-order chi connectivity index (χ1) is 14.1. The number of rotatable bonds is 4. The van der Waals surface area contributed by atoms with Crippen LogP contribution in [0.2, 0.25) is 0 Å². The zero-order chi connectivity index (χ0) is 20.4. The number of benzene rings is 2. The number of methoxy groups -OCH3 is 1. The molecule has 0 unspecified atom stereocenters. The molecular weight excluding hydrogens is 364 g/mol. The first-order valence-electron chi connectivity index (χ1n) is 9.91. The van der Waals surface area contributed by atoms with Crippen molar-refractivity contribution < 1.29 is 14.3 Å². The number of ketones is 1. The highest BCUT2D eigenvalue weighted by atomic mass is 16.5. The van der Waals surface area contributed by atoms with E-state index in [2.05, 4.69) is 4.98 Å². The van der Waals surface area contributed by atoms with E-state index < -0.39 is 0 Å². The molecule has 1 aliphatic rings. The average molecular weight is 388 g/mol. The van der Waals surface area contributed by atoms with Crippen LogP contribution < -0.4 is 4.74 Å². The number of nitrogens with zero attached hydrogens (tertiary/aromatic N) is 2. The second-order valence-corrected chi connectivity index (χ2v) is 7.48. The predicted octanol–water partition coefficient (Wildman–Crippen LogP) is 4.29. The van der Waals surface area contributed by atoms with Gasteiger partial charge in [0.1, 0.15) is 5.75 Å². The average Bonchev–Trinajstić information content (AvgIpc) is 2.78. The van der Waals surface area contributed by atoms with Crippen molar-refractivity contribution in [2.75, 3.05) is 20.2 Å². The number of Topliss-reactive ketones (excluding diaryl/α,β-unsaturated/α-hetero) is 1. The molecule has 1 saturated heterocycles. The van der Waals surface area contributed by atoms with Gasteiger partial charge in [-0.2, -0.15) is 0 Å². The van der Waals surface area contributed by atoms with Gasteiger partial charge in [-0.25, -0.2) is 0 Å². The van der Waals surface area contributed by atoms with E-state index in [-0.39, 0.29) is 17.6 Å². The Hall–Kier alpha value is -3.21. The standard InChI is InChI=1S/C24H24N2O3/c1-16-21(14-19-8-9-20(29-2)15-22(19)25-16)24(28)26-12-10-18(11-13-26)23(27)17-6-4-3-5-7-17/h3-9,14-15,18H,10-13H2,1-2H3. The molecule has 0 aliphatic carbocycles. The topological polar surface area (TPSA) is 59.5 Å². The van der Waals surface area contributed by atoms with Crippen LogP contribution in [-0.4, -0.2) is 41.8 Å². The van der Waals surface area contributed by atoms with Gasteiger partial charge in [0.15, 0.2) is 5.78 Å². The van der Waals surface area contributed by atoms with Gasteiger partial charge in [-0.1, -0.05) is 30.3 Å². The van der Waals surface area contributed by atoms with E-state index in [1.54, 1.807) is 7.11 Å². The molecule has 0 spiro atoms. The molecule has 0 bridgehead atoms. The molecule has 0 atom stereocenters. The minimum atomic E-state index is -0.0234. The second kappa shape index (κ2) is 8.03. The maximum Gasteiger partial charge on any atom is 0.255 e. The van der Waals surface area contributed by atoms with Gasteiger partial charge in [-0.15, -0.1) is 0 Å². The summed E-state index contributed by atoms with van der Waals surface area (Å²) < 4.78 is 5.25. The fourth-order valence-corrected chi connectivity index (χ4v) is 3.94. The van der Waals surface area contributed by atoms with Gasteiger partial charge >= 0.3 is 0 Å². The van der Waals surface area contributed by atoms with Crippen LogP contribution in [0.4, 0.5) is 0 Å². The van der Waals surface area contributed by atoms with Crippen LogP contribution in [0.3, 0.4) is 0 Å². The van der Waals surface area contributed by atoms with Crippen LogP contribution in [0.5, 0.6) is 5.75 Å². The number of carbonyl (C=O) groups excluding carboxylic acids is 2. The summed E-state index contributed by atoms with van der Waals surface area (Å²) >= 11 is 0. The van der Waals surface area contributed by atoms with E-state index in [0.29, 0.717) is 37.2 Å². The van der Waals surface area contributed by atoms with Gasteiger partial charge in [0.2, 0.25) is 0 Å². The molecule has 1 aliphatic heterocycles. The number of piperidine rings is 1. The fraction of sp³-hybridized carbons (Fsp3) is 0.292. The number of carbonyl (C=O) groups is 2. The van der Waals surface area contributed by atoms with Crippen LogP contribution in [0.1, 0.15) is 39.3 Å². The maximum atomic E-state index is 13.1. The van der Waals surface area contributed by atoms with Gasteiger partial charge in [0, 0.05) is 36.0 Å². The first kappa shape index (κ1) is 19.1. The zero-order valence-electron chi connectivity index (χ0n) is 16.7. The van der Waals surface area contributed by atoms with Gasteiger partial charge in [-0.05, 0) is 38.0 Å². The van der Waals surface area contributed by atoms with Crippen LogP contribution >= 0.6 is 0 Å². The summed E-state index contributed by atoms with van der Waals surface area (Å²) in [7, 11) is 1.62. The lowest BCUT2D eigenvalue weighted by molar-refractivity contribution is 0.0649. The van der Waals surface area contributed by atoms with E-state index in [4.69, 9.17) is 4.74 Å². The molecule has 3 aromatic rings. The molecule has 4 rings (SSSR count). The summed E-state index contributed by atoms with van der Waals surface area (Å²) in [5.74, 6) is 0.881. The highest BCUT2D eigenvalue weighted by molar-refractivity contribution is 6.00. The lowest BCUT2D eigenvalue weighted by Gasteiger charge is -2.31. The Kier molecular flexibility index (Phi) is 5.30. The molecule has 0 radical (unpaired) electrons. The van der Waals surface area contributed by atoms with Crippen LogP contribution in [-0.2, 0) is 0 Å². The normalized spacial score (nSPS) is 14.8. The summed E-state index contributed by atoms with van der Waals surface area (Å²) in [6, 6.07) is 17.0. The molecule has 29 heavy (non-hydrogen) atoms. The number of hydrogen-bond donors (Lipinski definition) is 0. The smallest absolute Gasteiger partial charge is 0.255 e. The predicted molar refractivity (Wildman–Crippen MR) is 112 cm³/mol. The Morgan fingerprint density at radius 1 is 1.03 bits per heavy atom. The minimum Gasteiger partial charge on any atom is -0.497 e. The van der Waals surface area contributed by atoms with E-state index in [0.717, 1.165) is 22.2 Å². The number of ether oxygens (including phenoxy) is 1. The number of aromatic nitrogens is 1. The molecule has 1 amide bonds. The van der Waals surface area contributed by atoms with Gasteiger partial charge in [0.05, 0.1) is 23.9 Å². The molecule has 1 fully saturated rings. The van der Waals surface area contributed by atoms with Crippen molar-refractivity contribution in [2.45, 2.75) is 19.8 Å². The van der Waals surface area contributed by atoms with Crippen molar-refractivity contribution in [3.05, 3.63) is 71.4 Å². The molecular formula is C24H24N2O3. The van der Waals surface area contributed by atoms with Crippen LogP contribution in [0.15, 0.2) is 54.6 Å². The van der Waals surface area contributed by atoms with Crippen molar-refractivity contribution in [3.8, 4) is 5.75 Å². The van der Waals surface area contributed by atoms with Crippen molar-refractivity contribution in [1.29, 1.82) is 0 Å². The zero-order valence-corrected chi connectivity index (χ0v) is 16.7. The van der Waals surface area contributed by atoms with E-state index in [1.165, 1.54) is 0 Å². The Balaban J connectivity index is 1.48. The monoisotopic (exact) mass is 388 g/mol. The highest BCUT2D eigenvalue weighted by Gasteiger charge is 2.29. The van der Waals surface area contributed by atoms with Crippen molar-refractivity contribution in [2.24, 2.45) is 5.92 Å². The van der Waals surface area contributed by atoms with Gasteiger partial charge in [0.25, 0.3) is 5.91 Å². The quantitative estimate of drug-likeness (QED) is 0.626. The molecule has 5 heteroatoms. The SMILES string of the molecule is COc1ccc2cc(C(=O)N3CCC(C(=O)c4ccccc4)CC3)c(C)nc2c1. The van der Waals surface area contributed by atoms with Crippen molar-refractivity contribution in [3.63, 3.8) is 0 Å². The van der Waals surface area contributed by atoms with Crippen molar-refractivity contribution >= 4 is 22.6 Å². The number of amides is 1. The number of hydrogen-bond acceptors (Lipinski definition) is 4. The third-order valence-corrected chi connectivity index (χ3v) is 5.66. The molecule has 0 saturated carbocycles. The number of likely N-dealkylation sites (tertiary alicyclic amines) is 1. The summed E-state index contributed by atoms with van der Waals surface area (Å²) in [5, 5.41) is 0.911. The van der Waals surface area contributed by atoms with Crippen LogP contribution in [0, 0.1) is 12.8 Å². The second-order valence-electron chi connectivity index (χ2n) is 7.48. The van der Waals surface area contributed by atoms with E-state index in [1.807, 2.05) is 66.4 Å². The van der Waals surface area contributed by atoms with Crippen LogP contribution in [0.25, 0.3) is 10.9 Å². The van der Waals surface area contributed by atoms with Crippen molar-refractivity contribution in [1.82, 2.24) is 9.88 Å². The highest BCUT2D eigenvalue weighted by Crippen LogP contribution is 2.26. The molecule has 1 aromatic heterocycles.